The highest BCUT2D eigenvalue weighted by Gasteiger charge is 2.11. The number of aliphatic imine (C=N–C) groups is 1. The Morgan fingerprint density at radius 2 is 1.56 bits per heavy atom. The van der Waals surface area contributed by atoms with E-state index in [2.05, 4.69) is 50.9 Å². The maximum absolute atomic E-state index is 5.38. The van der Waals surface area contributed by atoms with Crippen LogP contribution in [0, 0.1) is 0 Å². The van der Waals surface area contributed by atoms with E-state index in [0.29, 0.717) is 0 Å². The van der Waals surface area contributed by atoms with Crippen molar-refractivity contribution >= 4 is 29.9 Å². The number of methoxy groups -OCH3 is 2. The summed E-state index contributed by atoms with van der Waals surface area (Å²) >= 11 is 0. The van der Waals surface area contributed by atoms with E-state index in [-0.39, 0.29) is 24.0 Å². The molecule has 0 atom stereocenters. The molecule has 2 N–H and O–H groups in total. The minimum Gasteiger partial charge on any atom is -0.493 e. The van der Waals surface area contributed by atoms with Crippen molar-refractivity contribution in [3.8, 4) is 11.5 Å². The van der Waals surface area contributed by atoms with Crippen LogP contribution in [0.4, 0.5) is 0 Å². The average Bonchev–Trinajstić information content (AvgIpc) is 3.32. The molecule has 0 aromatic heterocycles. The number of hydrogen-bond acceptors (Lipinski definition) is 4. The normalized spacial score (nSPS) is 14.0. The SMILES string of the molecule is CN=C(NCCCc1ccc(OC)c(OC)c1)NCc1ccc(CN2CCCC2)cc1.I. The zero-order chi connectivity index (χ0) is 21.9. The van der Waals surface area contributed by atoms with Crippen LogP contribution in [0.3, 0.4) is 0 Å². The molecule has 2 aromatic carbocycles. The summed E-state index contributed by atoms with van der Waals surface area (Å²) in [6, 6.07) is 15.0. The fourth-order valence-electron chi connectivity index (χ4n) is 3.90. The molecule has 0 saturated carbocycles. The van der Waals surface area contributed by atoms with Gasteiger partial charge in [0.2, 0.25) is 0 Å². The first-order valence-corrected chi connectivity index (χ1v) is 11.2. The molecule has 6 nitrogen and oxygen atoms in total. The molecule has 0 radical (unpaired) electrons. The molecule has 32 heavy (non-hydrogen) atoms. The molecule has 1 saturated heterocycles. The number of guanidine groups is 1. The van der Waals surface area contributed by atoms with E-state index >= 15 is 0 Å². The fraction of sp³-hybridized carbons (Fsp3) is 0.480. The monoisotopic (exact) mass is 552 g/mol. The minimum atomic E-state index is 0. The van der Waals surface area contributed by atoms with E-state index in [4.69, 9.17) is 9.47 Å². The molecule has 1 fully saturated rings. The van der Waals surface area contributed by atoms with E-state index in [1.807, 2.05) is 19.2 Å². The molecule has 0 unspecified atom stereocenters. The lowest BCUT2D eigenvalue weighted by atomic mass is 10.1. The van der Waals surface area contributed by atoms with Crippen LogP contribution in [0.25, 0.3) is 0 Å². The van der Waals surface area contributed by atoms with Crippen LogP contribution >= 0.6 is 24.0 Å². The van der Waals surface area contributed by atoms with Gasteiger partial charge < -0.3 is 20.1 Å². The average molecular weight is 553 g/mol. The van der Waals surface area contributed by atoms with Crippen molar-refractivity contribution in [1.29, 1.82) is 0 Å². The number of nitrogens with one attached hydrogen (secondary N) is 2. The molecule has 1 aliphatic rings. The number of hydrogen-bond donors (Lipinski definition) is 2. The zero-order valence-electron chi connectivity index (χ0n) is 19.5. The lowest BCUT2D eigenvalue weighted by Gasteiger charge is -2.15. The predicted molar refractivity (Wildman–Crippen MR) is 142 cm³/mol. The van der Waals surface area contributed by atoms with Gasteiger partial charge in [-0.15, -0.1) is 24.0 Å². The van der Waals surface area contributed by atoms with E-state index in [9.17, 15) is 0 Å². The highest BCUT2D eigenvalue weighted by atomic mass is 127. The molecule has 3 rings (SSSR count). The quantitative estimate of drug-likeness (QED) is 0.200. The van der Waals surface area contributed by atoms with E-state index in [0.717, 1.165) is 49.9 Å². The Morgan fingerprint density at radius 1 is 0.906 bits per heavy atom. The number of aryl methyl sites for hydroxylation is 1. The largest absolute Gasteiger partial charge is 0.493 e. The van der Waals surface area contributed by atoms with Crippen LogP contribution < -0.4 is 20.1 Å². The summed E-state index contributed by atoms with van der Waals surface area (Å²) in [6.45, 7) is 5.15. The Balaban J connectivity index is 0.00000363. The van der Waals surface area contributed by atoms with Gasteiger partial charge in [0.05, 0.1) is 14.2 Å². The third-order valence-corrected chi connectivity index (χ3v) is 5.69. The van der Waals surface area contributed by atoms with Crippen LogP contribution in [-0.4, -0.2) is 51.8 Å². The molecule has 2 aromatic rings. The van der Waals surface area contributed by atoms with Crippen molar-refractivity contribution in [1.82, 2.24) is 15.5 Å². The lowest BCUT2D eigenvalue weighted by molar-refractivity contribution is 0.331. The third kappa shape index (κ3) is 8.16. The van der Waals surface area contributed by atoms with Crippen molar-refractivity contribution in [2.24, 2.45) is 4.99 Å². The number of nitrogens with zero attached hydrogens (tertiary/aromatic N) is 2. The highest BCUT2D eigenvalue weighted by molar-refractivity contribution is 14.0. The van der Waals surface area contributed by atoms with E-state index in [1.54, 1.807) is 14.2 Å². The van der Waals surface area contributed by atoms with Gasteiger partial charge >= 0.3 is 0 Å². The smallest absolute Gasteiger partial charge is 0.191 e. The molecule has 0 amide bonds. The number of halogens is 1. The Labute approximate surface area is 209 Å². The maximum atomic E-state index is 5.38. The number of rotatable bonds is 10. The van der Waals surface area contributed by atoms with Crippen LogP contribution in [0.2, 0.25) is 0 Å². The first-order valence-electron chi connectivity index (χ1n) is 11.2. The predicted octanol–water partition coefficient (Wildman–Crippen LogP) is 4.22. The summed E-state index contributed by atoms with van der Waals surface area (Å²) < 4.78 is 10.7. The lowest BCUT2D eigenvalue weighted by Crippen LogP contribution is -2.37. The molecule has 1 aliphatic heterocycles. The van der Waals surface area contributed by atoms with Crippen LogP contribution in [0.5, 0.6) is 11.5 Å². The van der Waals surface area contributed by atoms with Crippen molar-refractivity contribution in [3.05, 3.63) is 59.2 Å². The van der Waals surface area contributed by atoms with E-state index < -0.39 is 0 Å². The summed E-state index contributed by atoms with van der Waals surface area (Å²) in [5, 5.41) is 6.80. The highest BCUT2D eigenvalue weighted by Crippen LogP contribution is 2.27. The van der Waals surface area contributed by atoms with Gasteiger partial charge in [-0.05, 0) is 67.6 Å². The van der Waals surface area contributed by atoms with Gasteiger partial charge in [-0.25, -0.2) is 0 Å². The molecule has 0 spiro atoms. The molecule has 1 heterocycles. The summed E-state index contributed by atoms with van der Waals surface area (Å²) in [7, 11) is 5.13. The number of likely N-dealkylation sites (tertiary alicyclic amines) is 1. The minimum absolute atomic E-state index is 0. The standard InChI is InChI=1S/C25H36N4O2.HI/c1-26-25(27-14-6-7-20-12-13-23(30-2)24(17-20)31-3)28-18-21-8-10-22(11-9-21)19-29-15-4-5-16-29;/h8-13,17H,4-7,14-16,18-19H2,1-3H3,(H2,26,27,28);1H. The summed E-state index contributed by atoms with van der Waals surface area (Å²) in [5.74, 6) is 2.36. The first kappa shape index (κ1) is 26.3. The van der Waals surface area contributed by atoms with Gasteiger partial charge in [0, 0.05) is 26.7 Å². The van der Waals surface area contributed by atoms with Crippen molar-refractivity contribution in [3.63, 3.8) is 0 Å². The Morgan fingerprint density at radius 3 is 2.22 bits per heavy atom. The van der Waals surface area contributed by atoms with Gasteiger partial charge in [0.1, 0.15) is 0 Å². The zero-order valence-corrected chi connectivity index (χ0v) is 21.9. The topological polar surface area (TPSA) is 58.1 Å². The third-order valence-electron chi connectivity index (χ3n) is 5.69. The van der Waals surface area contributed by atoms with Gasteiger partial charge in [0.25, 0.3) is 0 Å². The molecular weight excluding hydrogens is 515 g/mol. The Bertz CT molecular complexity index is 836. The fourth-order valence-corrected chi connectivity index (χ4v) is 3.90. The first-order chi connectivity index (χ1) is 15.2. The van der Waals surface area contributed by atoms with Gasteiger partial charge in [0.15, 0.2) is 17.5 Å². The molecular formula is C25H37IN4O2. The second kappa shape index (κ2) is 14.2. The molecule has 176 valence electrons. The van der Waals surface area contributed by atoms with Crippen LogP contribution in [0.15, 0.2) is 47.5 Å². The van der Waals surface area contributed by atoms with Crippen LogP contribution in [-0.2, 0) is 19.5 Å². The second-order valence-electron chi connectivity index (χ2n) is 7.95. The van der Waals surface area contributed by atoms with Crippen molar-refractivity contribution in [2.75, 3.05) is 40.9 Å². The van der Waals surface area contributed by atoms with Gasteiger partial charge in [-0.2, -0.15) is 0 Å². The maximum Gasteiger partial charge on any atom is 0.191 e. The van der Waals surface area contributed by atoms with Gasteiger partial charge in [-0.1, -0.05) is 30.3 Å². The molecule has 0 bridgehead atoms. The molecule has 7 heteroatoms. The number of ether oxygens (including phenoxy) is 2. The van der Waals surface area contributed by atoms with E-state index in [1.165, 1.54) is 42.6 Å². The summed E-state index contributed by atoms with van der Waals surface area (Å²) in [6.07, 6.45) is 4.63. The Kier molecular flexibility index (Phi) is 11.7. The van der Waals surface area contributed by atoms with Crippen LogP contribution in [0.1, 0.15) is 36.0 Å². The van der Waals surface area contributed by atoms with Crippen molar-refractivity contribution < 1.29 is 9.47 Å². The summed E-state index contributed by atoms with van der Waals surface area (Å²) in [4.78, 5) is 6.86. The summed E-state index contributed by atoms with van der Waals surface area (Å²) in [5.41, 5.74) is 3.89. The number of benzene rings is 2. The Hall–Kier alpha value is -2.00. The second-order valence-corrected chi connectivity index (χ2v) is 7.95. The molecule has 0 aliphatic carbocycles. The van der Waals surface area contributed by atoms with Gasteiger partial charge in [-0.3, -0.25) is 9.89 Å². The van der Waals surface area contributed by atoms with Crippen molar-refractivity contribution in [2.45, 2.75) is 38.8 Å².